The number of carboxylic acids is 1. The molecule has 0 spiro atoms. The van der Waals surface area contributed by atoms with Crippen LogP contribution in [0.1, 0.15) is 31.5 Å². The van der Waals surface area contributed by atoms with Crippen molar-refractivity contribution in [3.05, 3.63) is 131 Å². The van der Waals surface area contributed by atoms with Crippen LogP contribution in [0.2, 0.25) is 0 Å². The zero-order valence-electron chi connectivity index (χ0n) is 21.0. The van der Waals surface area contributed by atoms with E-state index in [1.54, 1.807) is 24.3 Å². The minimum atomic E-state index is -1.17. The van der Waals surface area contributed by atoms with E-state index in [0.717, 1.165) is 21.7 Å². The van der Waals surface area contributed by atoms with E-state index in [-0.39, 0.29) is 17.0 Å². The number of carboxylic acid groups (broad SMARTS) is 1. The Hall–Kier alpha value is -4.73. The molecule has 0 bridgehead atoms. The summed E-state index contributed by atoms with van der Waals surface area (Å²) in [6.45, 7) is 0. The van der Waals surface area contributed by atoms with E-state index in [1.807, 2.05) is 78.2 Å². The normalized spacial score (nSPS) is 11.4. The lowest BCUT2D eigenvalue weighted by atomic mass is 10.1. The number of anilines is 2. The molecule has 0 aliphatic heterocycles. The average Bonchev–Trinajstić information content (AvgIpc) is 3.46. The number of rotatable bonds is 9. The van der Waals surface area contributed by atoms with Gasteiger partial charge in [-0.1, -0.05) is 72.8 Å². The third kappa shape index (κ3) is 6.45. The van der Waals surface area contributed by atoms with Crippen molar-refractivity contribution in [2.24, 2.45) is 0 Å². The summed E-state index contributed by atoms with van der Waals surface area (Å²) in [6, 6.07) is 32.4. The van der Waals surface area contributed by atoms with Crippen LogP contribution >= 0.6 is 23.1 Å². The molecule has 1 aromatic heterocycles. The van der Waals surface area contributed by atoms with E-state index in [0.29, 0.717) is 10.8 Å². The van der Waals surface area contributed by atoms with Crippen molar-refractivity contribution in [3.8, 4) is 11.3 Å². The number of benzene rings is 4. The fourth-order valence-corrected chi connectivity index (χ4v) is 5.71. The van der Waals surface area contributed by atoms with Gasteiger partial charge in [-0.15, -0.1) is 23.1 Å². The quantitative estimate of drug-likeness (QED) is 0.163. The number of aromatic nitrogens is 1. The second-order valence-corrected chi connectivity index (χ2v) is 10.7. The lowest BCUT2D eigenvalue weighted by Crippen LogP contribution is -2.19. The molecule has 5 aromatic rings. The summed E-state index contributed by atoms with van der Waals surface area (Å²) >= 11 is 2.75. The van der Waals surface area contributed by atoms with E-state index in [2.05, 4.69) is 15.6 Å². The van der Waals surface area contributed by atoms with Crippen molar-refractivity contribution in [1.29, 1.82) is 0 Å². The van der Waals surface area contributed by atoms with Gasteiger partial charge in [-0.3, -0.25) is 9.59 Å². The zero-order valence-corrected chi connectivity index (χ0v) is 22.6. The van der Waals surface area contributed by atoms with E-state index in [4.69, 9.17) is 0 Å². The minimum Gasteiger partial charge on any atom is -0.478 e. The molecule has 3 N–H and O–H groups in total. The SMILES string of the molecule is O=C(O)c1ccccc1C(=O)Nc1ccc(SC(C(=O)Nc2nc(-c3ccccc3)cs2)c2ccccc2)cc1. The molecule has 0 aliphatic rings. The number of carbonyl (C=O) groups excluding carboxylic acids is 2. The molecule has 0 fully saturated rings. The molecule has 1 heterocycles. The molecular weight excluding hydrogens is 542 g/mol. The molecule has 0 saturated carbocycles. The topological polar surface area (TPSA) is 108 Å². The predicted molar refractivity (Wildman–Crippen MR) is 159 cm³/mol. The summed E-state index contributed by atoms with van der Waals surface area (Å²) in [7, 11) is 0. The Bertz CT molecular complexity index is 1640. The van der Waals surface area contributed by atoms with Crippen molar-refractivity contribution < 1.29 is 19.5 Å². The number of nitrogens with one attached hydrogen (secondary N) is 2. The van der Waals surface area contributed by atoms with Gasteiger partial charge in [0.05, 0.1) is 16.8 Å². The molecule has 2 amide bonds. The number of thioether (sulfide) groups is 1. The fraction of sp³-hybridized carbons (Fsp3) is 0.0323. The van der Waals surface area contributed by atoms with Gasteiger partial charge in [0.15, 0.2) is 5.13 Å². The fourth-order valence-electron chi connectivity index (χ4n) is 3.96. The van der Waals surface area contributed by atoms with Gasteiger partial charge in [-0.2, -0.15) is 0 Å². The number of hydrogen-bond donors (Lipinski definition) is 3. The van der Waals surface area contributed by atoms with E-state index >= 15 is 0 Å². The lowest BCUT2D eigenvalue weighted by molar-refractivity contribution is -0.115. The van der Waals surface area contributed by atoms with Gasteiger partial charge in [0.25, 0.3) is 5.91 Å². The highest BCUT2D eigenvalue weighted by Crippen LogP contribution is 2.37. The first kappa shape index (κ1) is 26.9. The highest BCUT2D eigenvalue weighted by atomic mass is 32.2. The Labute approximate surface area is 238 Å². The van der Waals surface area contributed by atoms with E-state index in [1.165, 1.54) is 35.2 Å². The molecule has 5 rings (SSSR count). The van der Waals surface area contributed by atoms with Crippen LogP contribution < -0.4 is 10.6 Å². The number of amides is 2. The summed E-state index contributed by atoms with van der Waals surface area (Å²) in [5.74, 6) is -1.89. The molecule has 9 heteroatoms. The summed E-state index contributed by atoms with van der Waals surface area (Å²) in [5, 5.41) is 17.0. The lowest BCUT2D eigenvalue weighted by Gasteiger charge is -2.16. The van der Waals surface area contributed by atoms with Gasteiger partial charge in [-0.25, -0.2) is 9.78 Å². The van der Waals surface area contributed by atoms with Crippen LogP contribution in [-0.4, -0.2) is 27.9 Å². The molecule has 1 atom stereocenters. The second-order valence-electron chi connectivity index (χ2n) is 8.63. The van der Waals surface area contributed by atoms with E-state index < -0.39 is 17.1 Å². The maximum absolute atomic E-state index is 13.4. The molecule has 1 unspecified atom stereocenters. The largest absolute Gasteiger partial charge is 0.478 e. The Balaban J connectivity index is 1.30. The van der Waals surface area contributed by atoms with Gasteiger partial charge in [-0.05, 0) is 42.0 Å². The van der Waals surface area contributed by atoms with E-state index in [9.17, 15) is 19.5 Å². The Morgan fingerprint density at radius 3 is 2.05 bits per heavy atom. The predicted octanol–water partition coefficient (Wildman–Crippen LogP) is 7.23. The van der Waals surface area contributed by atoms with Gasteiger partial charge in [0, 0.05) is 21.5 Å². The maximum Gasteiger partial charge on any atom is 0.336 e. The highest BCUT2D eigenvalue weighted by molar-refractivity contribution is 8.00. The Morgan fingerprint density at radius 1 is 0.750 bits per heavy atom. The molecule has 4 aromatic carbocycles. The van der Waals surface area contributed by atoms with Gasteiger partial charge >= 0.3 is 5.97 Å². The van der Waals surface area contributed by atoms with Gasteiger partial charge < -0.3 is 15.7 Å². The van der Waals surface area contributed by atoms with Gasteiger partial charge in [0.2, 0.25) is 5.91 Å². The van der Waals surface area contributed by atoms with Crippen LogP contribution in [0.25, 0.3) is 11.3 Å². The summed E-state index contributed by atoms with van der Waals surface area (Å²) in [4.78, 5) is 43.0. The smallest absolute Gasteiger partial charge is 0.336 e. The summed E-state index contributed by atoms with van der Waals surface area (Å²) in [5.41, 5.74) is 3.13. The van der Waals surface area contributed by atoms with Crippen LogP contribution in [0.4, 0.5) is 10.8 Å². The standard InChI is InChI=1S/C31H23N3O4S2/c35-28(24-13-7-8-14-25(24)30(37)38)32-22-15-17-23(18-16-22)40-27(21-11-5-2-6-12-21)29(36)34-31-33-26(19-39-31)20-9-3-1-4-10-20/h1-19,27H,(H,32,35)(H,37,38)(H,33,34,36). The monoisotopic (exact) mass is 565 g/mol. The highest BCUT2D eigenvalue weighted by Gasteiger charge is 2.23. The van der Waals surface area contributed by atoms with Crippen LogP contribution in [0, 0.1) is 0 Å². The van der Waals surface area contributed by atoms with Crippen molar-refractivity contribution in [2.75, 3.05) is 10.6 Å². The number of thiazole rings is 1. The zero-order chi connectivity index (χ0) is 27.9. The third-order valence-corrected chi connectivity index (χ3v) is 7.94. The molecular formula is C31H23N3O4S2. The first-order chi connectivity index (χ1) is 19.5. The minimum absolute atomic E-state index is 0.0694. The van der Waals surface area contributed by atoms with Crippen LogP contribution in [0.3, 0.4) is 0 Å². The number of carbonyl (C=O) groups is 3. The maximum atomic E-state index is 13.4. The third-order valence-electron chi connectivity index (χ3n) is 5.91. The van der Waals surface area contributed by atoms with Crippen LogP contribution in [0.5, 0.6) is 0 Å². The number of hydrogen-bond acceptors (Lipinski definition) is 6. The molecule has 40 heavy (non-hydrogen) atoms. The molecule has 0 radical (unpaired) electrons. The van der Waals surface area contributed by atoms with Crippen molar-refractivity contribution >= 4 is 51.7 Å². The Kier molecular flexibility index (Phi) is 8.34. The van der Waals surface area contributed by atoms with Crippen LogP contribution in [0.15, 0.2) is 119 Å². The molecule has 0 aliphatic carbocycles. The second kappa shape index (κ2) is 12.4. The van der Waals surface area contributed by atoms with Gasteiger partial charge in [0.1, 0.15) is 5.25 Å². The average molecular weight is 566 g/mol. The first-order valence-electron chi connectivity index (χ1n) is 12.2. The Morgan fingerprint density at radius 2 is 1.38 bits per heavy atom. The summed E-state index contributed by atoms with van der Waals surface area (Å²) < 4.78 is 0. The number of aromatic carboxylic acids is 1. The van der Waals surface area contributed by atoms with Crippen molar-refractivity contribution in [3.63, 3.8) is 0 Å². The molecule has 198 valence electrons. The van der Waals surface area contributed by atoms with Crippen molar-refractivity contribution in [1.82, 2.24) is 4.98 Å². The van der Waals surface area contributed by atoms with Crippen LogP contribution in [-0.2, 0) is 4.79 Å². The number of nitrogens with zero attached hydrogens (tertiary/aromatic N) is 1. The molecule has 7 nitrogen and oxygen atoms in total. The molecule has 0 saturated heterocycles. The van der Waals surface area contributed by atoms with Crippen molar-refractivity contribution in [2.45, 2.75) is 10.1 Å². The first-order valence-corrected chi connectivity index (χ1v) is 14.0. The summed E-state index contributed by atoms with van der Waals surface area (Å²) in [6.07, 6.45) is 0.